The van der Waals surface area contributed by atoms with Gasteiger partial charge >= 0.3 is 6.55 Å². The lowest BCUT2D eigenvalue weighted by molar-refractivity contribution is 0.161. The smallest absolute Gasteiger partial charge is 0.331 e. The standard InChI is InChI=1S/C21H19ClF3N5S/c1-11-8-16-17(15(26)4-5-28-21(24)25)18(13-3-2-12(23)9-14(13)22)29-19(30(16)10-11)20-27-6-7-31-20/h2-7,9,11,18,21H,8,10,26H2,1H3/t11?,18-/m0/s1. The summed E-state index contributed by atoms with van der Waals surface area (Å²) >= 11 is 7.84. The SMILES string of the molecule is CC1CC2=C(C(N)=CC=NC(F)F)[C@H](c3ccc(F)cc3Cl)N=C(c3nccs3)N2C1. The predicted molar refractivity (Wildman–Crippen MR) is 117 cm³/mol. The van der Waals surface area contributed by atoms with Gasteiger partial charge in [0.2, 0.25) is 0 Å². The molecule has 2 aliphatic rings. The van der Waals surface area contributed by atoms with Crippen molar-refractivity contribution in [1.82, 2.24) is 9.88 Å². The van der Waals surface area contributed by atoms with Crippen molar-refractivity contribution in [3.05, 3.63) is 74.2 Å². The highest BCUT2D eigenvalue weighted by atomic mass is 35.5. The van der Waals surface area contributed by atoms with E-state index in [4.69, 9.17) is 22.3 Å². The van der Waals surface area contributed by atoms with Crippen molar-refractivity contribution >= 4 is 35.0 Å². The number of nitrogens with two attached hydrogens (primary N) is 1. The lowest BCUT2D eigenvalue weighted by Gasteiger charge is -2.33. The molecule has 1 unspecified atom stereocenters. The number of allylic oxidation sites excluding steroid dienone is 2. The van der Waals surface area contributed by atoms with Crippen molar-refractivity contribution in [3.8, 4) is 0 Å². The Bertz CT molecular complexity index is 1090. The molecule has 0 bridgehead atoms. The van der Waals surface area contributed by atoms with Crippen LogP contribution in [0.5, 0.6) is 0 Å². The van der Waals surface area contributed by atoms with E-state index in [0.717, 1.165) is 29.9 Å². The van der Waals surface area contributed by atoms with Gasteiger partial charge in [0.1, 0.15) is 11.9 Å². The molecule has 0 aliphatic carbocycles. The molecule has 1 saturated heterocycles. The Hall–Kier alpha value is -2.65. The van der Waals surface area contributed by atoms with Crippen LogP contribution in [0.25, 0.3) is 0 Å². The first-order chi connectivity index (χ1) is 14.8. The van der Waals surface area contributed by atoms with Crippen molar-refractivity contribution in [2.24, 2.45) is 21.6 Å². The zero-order valence-electron chi connectivity index (χ0n) is 16.5. The number of benzene rings is 1. The molecule has 0 radical (unpaired) electrons. The normalized spacial score (nSPS) is 21.9. The molecule has 2 aromatic rings. The Morgan fingerprint density at radius 2 is 2.23 bits per heavy atom. The number of amidine groups is 1. The van der Waals surface area contributed by atoms with Crippen LogP contribution in [-0.4, -0.2) is 35.0 Å². The summed E-state index contributed by atoms with van der Waals surface area (Å²) in [5.74, 6) is 0.546. The Morgan fingerprint density at radius 3 is 2.90 bits per heavy atom. The average Bonchev–Trinajstić information content (AvgIpc) is 3.35. The van der Waals surface area contributed by atoms with E-state index in [9.17, 15) is 13.2 Å². The fourth-order valence-electron chi connectivity index (χ4n) is 3.87. The van der Waals surface area contributed by atoms with Gasteiger partial charge in [-0.25, -0.2) is 14.4 Å². The molecule has 3 heterocycles. The maximum atomic E-state index is 13.7. The highest BCUT2D eigenvalue weighted by Crippen LogP contribution is 2.44. The fraction of sp³-hybridized carbons (Fsp3) is 0.286. The molecule has 162 valence electrons. The van der Waals surface area contributed by atoms with E-state index < -0.39 is 18.4 Å². The largest absolute Gasteiger partial charge is 0.398 e. The van der Waals surface area contributed by atoms with Crippen molar-refractivity contribution in [2.45, 2.75) is 25.9 Å². The Kier molecular flexibility index (Phi) is 6.15. The summed E-state index contributed by atoms with van der Waals surface area (Å²) in [4.78, 5) is 14.5. The van der Waals surface area contributed by atoms with Gasteiger partial charge in [-0.3, -0.25) is 4.99 Å². The number of fused-ring (bicyclic) bond motifs is 1. The van der Waals surface area contributed by atoms with E-state index >= 15 is 0 Å². The van der Waals surface area contributed by atoms with E-state index in [2.05, 4.69) is 21.8 Å². The molecule has 10 heteroatoms. The number of aromatic nitrogens is 1. The Morgan fingerprint density at radius 1 is 1.42 bits per heavy atom. The molecule has 0 amide bonds. The second-order valence-electron chi connectivity index (χ2n) is 7.34. The molecular formula is C21H19ClF3N5S. The summed E-state index contributed by atoms with van der Waals surface area (Å²) in [5, 5.41) is 2.82. The number of alkyl halides is 2. The van der Waals surface area contributed by atoms with Gasteiger partial charge in [-0.2, -0.15) is 8.78 Å². The summed E-state index contributed by atoms with van der Waals surface area (Å²) in [6, 6.07) is 3.46. The third kappa shape index (κ3) is 4.38. The van der Waals surface area contributed by atoms with Gasteiger partial charge in [-0.1, -0.05) is 24.6 Å². The fourth-order valence-corrected chi connectivity index (χ4v) is 4.78. The Labute approximate surface area is 186 Å². The number of hydrogen-bond donors (Lipinski definition) is 1. The van der Waals surface area contributed by atoms with Gasteiger partial charge < -0.3 is 10.6 Å². The van der Waals surface area contributed by atoms with Crippen LogP contribution in [0.1, 0.15) is 30.0 Å². The number of hydrogen-bond acceptors (Lipinski definition) is 6. The van der Waals surface area contributed by atoms with Gasteiger partial charge in [0.05, 0.1) is 0 Å². The zero-order chi connectivity index (χ0) is 22.1. The van der Waals surface area contributed by atoms with Crippen LogP contribution in [0.4, 0.5) is 13.2 Å². The predicted octanol–water partition coefficient (Wildman–Crippen LogP) is 5.17. The highest BCUT2D eigenvalue weighted by Gasteiger charge is 2.39. The van der Waals surface area contributed by atoms with Gasteiger partial charge in [-0.05, 0) is 30.5 Å². The second-order valence-corrected chi connectivity index (χ2v) is 8.64. The molecule has 2 atom stereocenters. The van der Waals surface area contributed by atoms with Crippen LogP contribution < -0.4 is 5.73 Å². The quantitative estimate of drug-likeness (QED) is 0.489. The maximum absolute atomic E-state index is 13.7. The van der Waals surface area contributed by atoms with Crippen molar-refractivity contribution in [3.63, 3.8) is 0 Å². The molecule has 0 saturated carbocycles. The minimum atomic E-state index is -2.83. The molecule has 31 heavy (non-hydrogen) atoms. The highest BCUT2D eigenvalue weighted by molar-refractivity contribution is 7.11. The van der Waals surface area contributed by atoms with Gasteiger partial charge in [-0.15, -0.1) is 11.3 Å². The maximum Gasteiger partial charge on any atom is 0.331 e. The third-order valence-electron chi connectivity index (χ3n) is 5.10. The molecule has 1 aromatic carbocycles. The van der Waals surface area contributed by atoms with E-state index in [1.165, 1.54) is 29.5 Å². The number of nitrogens with zero attached hydrogens (tertiary/aromatic N) is 4. The van der Waals surface area contributed by atoms with E-state index in [0.29, 0.717) is 22.9 Å². The topological polar surface area (TPSA) is 66.9 Å². The van der Waals surface area contributed by atoms with E-state index in [1.807, 2.05) is 5.38 Å². The van der Waals surface area contributed by atoms with Gasteiger partial charge in [0.15, 0.2) is 10.8 Å². The zero-order valence-corrected chi connectivity index (χ0v) is 18.0. The molecule has 4 rings (SSSR count). The monoisotopic (exact) mass is 465 g/mol. The molecular weight excluding hydrogens is 447 g/mol. The summed E-state index contributed by atoms with van der Waals surface area (Å²) in [7, 11) is 0. The van der Waals surface area contributed by atoms with E-state index in [-0.39, 0.29) is 10.7 Å². The number of aliphatic imine (C=N–C) groups is 2. The summed E-state index contributed by atoms with van der Waals surface area (Å²) < 4.78 is 38.6. The first-order valence-electron chi connectivity index (χ1n) is 9.55. The lowest BCUT2D eigenvalue weighted by atomic mass is 9.91. The summed E-state index contributed by atoms with van der Waals surface area (Å²) in [6.07, 6.45) is 4.75. The van der Waals surface area contributed by atoms with Crippen molar-refractivity contribution in [2.75, 3.05) is 6.54 Å². The Balaban J connectivity index is 1.90. The third-order valence-corrected chi connectivity index (χ3v) is 6.19. The lowest BCUT2D eigenvalue weighted by Crippen LogP contribution is -2.34. The average molecular weight is 466 g/mol. The van der Waals surface area contributed by atoms with Crippen LogP contribution in [-0.2, 0) is 0 Å². The van der Waals surface area contributed by atoms with Crippen LogP contribution in [0.15, 0.2) is 62.8 Å². The molecule has 1 fully saturated rings. The minimum Gasteiger partial charge on any atom is -0.398 e. The number of halogens is 4. The van der Waals surface area contributed by atoms with Gasteiger partial charge in [0.25, 0.3) is 0 Å². The number of thiazole rings is 1. The molecule has 5 nitrogen and oxygen atoms in total. The first-order valence-corrected chi connectivity index (χ1v) is 10.8. The molecule has 1 aromatic heterocycles. The van der Waals surface area contributed by atoms with Crippen LogP contribution in [0.3, 0.4) is 0 Å². The molecule has 2 aliphatic heterocycles. The molecule has 2 N–H and O–H groups in total. The van der Waals surface area contributed by atoms with Crippen LogP contribution in [0.2, 0.25) is 5.02 Å². The number of rotatable bonds is 5. The van der Waals surface area contributed by atoms with Crippen LogP contribution in [0, 0.1) is 11.7 Å². The summed E-state index contributed by atoms with van der Waals surface area (Å²) in [6.45, 7) is 0.00731. The van der Waals surface area contributed by atoms with Gasteiger partial charge in [0, 0.05) is 51.9 Å². The van der Waals surface area contributed by atoms with Crippen molar-refractivity contribution < 1.29 is 13.2 Å². The minimum absolute atomic E-state index is 0.207. The molecule has 0 spiro atoms. The first kappa shape index (κ1) is 21.6. The summed E-state index contributed by atoms with van der Waals surface area (Å²) in [5.41, 5.74) is 8.75. The second kappa shape index (κ2) is 8.84. The van der Waals surface area contributed by atoms with Crippen LogP contribution >= 0.6 is 22.9 Å². The van der Waals surface area contributed by atoms with Crippen molar-refractivity contribution in [1.29, 1.82) is 0 Å². The van der Waals surface area contributed by atoms with E-state index in [1.54, 1.807) is 12.3 Å².